The lowest BCUT2D eigenvalue weighted by molar-refractivity contribution is 0.0405. The van der Waals surface area contributed by atoms with Crippen molar-refractivity contribution < 1.29 is 0 Å². The lowest BCUT2D eigenvalue weighted by Crippen LogP contribution is -2.59. The van der Waals surface area contributed by atoms with E-state index in [0.717, 1.165) is 12.5 Å². The van der Waals surface area contributed by atoms with E-state index >= 15 is 0 Å². The van der Waals surface area contributed by atoms with Crippen LogP contribution in [0.2, 0.25) is 0 Å². The minimum Gasteiger partial charge on any atom is -0.311 e. The SMILES string of the molecule is CCC(C)C1CN(C(C)(C)CC(C)(C)C)CCN1. The molecule has 0 aromatic heterocycles. The molecule has 0 bridgehead atoms. The van der Waals surface area contributed by atoms with Crippen molar-refractivity contribution in [2.24, 2.45) is 11.3 Å². The fourth-order valence-electron chi connectivity index (χ4n) is 3.40. The smallest absolute Gasteiger partial charge is 0.0221 e. The third-order valence-corrected chi connectivity index (χ3v) is 4.36. The molecular formula is C16H34N2. The van der Waals surface area contributed by atoms with Gasteiger partial charge < -0.3 is 5.32 Å². The molecule has 0 aliphatic carbocycles. The Bertz CT molecular complexity index is 252. The minimum atomic E-state index is 0.312. The maximum atomic E-state index is 3.69. The number of rotatable bonds is 4. The Hall–Kier alpha value is -0.0800. The standard InChI is InChI=1S/C16H34N2/c1-8-13(2)14-11-18(10-9-17-14)16(6,7)12-15(3,4)5/h13-14,17H,8-12H2,1-7H3. The van der Waals surface area contributed by atoms with Crippen LogP contribution in [0.5, 0.6) is 0 Å². The van der Waals surface area contributed by atoms with E-state index in [-0.39, 0.29) is 0 Å². The summed E-state index contributed by atoms with van der Waals surface area (Å²) in [6, 6.07) is 0.669. The van der Waals surface area contributed by atoms with E-state index in [1.54, 1.807) is 0 Å². The Morgan fingerprint density at radius 2 is 1.83 bits per heavy atom. The summed E-state index contributed by atoms with van der Waals surface area (Å²) in [5.41, 5.74) is 0.715. The van der Waals surface area contributed by atoms with Gasteiger partial charge in [0.25, 0.3) is 0 Å². The topological polar surface area (TPSA) is 15.3 Å². The van der Waals surface area contributed by atoms with Crippen molar-refractivity contribution >= 4 is 0 Å². The Labute approximate surface area is 115 Å². The summed E-state index contributed by atoms with van der Waals surface area (Å²) in [5.74, 6) is 0.776. The van der Waals surface area contributed by atoms with E-state index in [9.17, 15) is 0 Å². The largest absolute Gasteiger partial charge is 0.311 e. The van der Waals surface area contributed by atoms with Crippen molar-refractivity contribution in [2.45, 2.75) is 72.9 Å². The summed E-state index contributed by atoms with van der Waals surface area (Å²) in [6.45, 7) is 20.1. The highest BCUT2D eigenvalue weighted by Crippen LogP contribution is 2.32. The Kier molecular flexibility index (Phi) is 5.25. The number of hydrogen-bond donors (Lipinski definition) is 1. The summed E-state index contributed by atoms with van der Waals surface area (Å²) in [4.78, 5) is 2.70. The molecule has 0 radical (unpaired) electrons. The average Bonchev–Trinajstić information content (AvgIpc) is 2.25. The van der Waals surface area contributed by atoms with Crippen LogP contribution in [0.15, 0.2) is 0 Å². The number of hydrogen-bond acceptors (Lipinski definition) is 2. The highest BCUT2D eigenvalue weighted by molar-refractivity contribution is 4.92. The van der Waals surface area contributed by atoms with Gasteiger partial charge in [-0.2, -0.15) is 0 Å². The quantitative estimate of drug-likeness (QED) is 0.826. The zero-order valence-corrected chi connectivity index (χ0v) is 13.6. The van der Waals surface area contributed by atoms with Crippen LogP contribution in [0.3, 0.4) is 0 Å². The van der Waals surface area contributed by atoms with Gasteiger partial charge in [0.1, 0.15) is 0 Å². The molecule has 2 nitrogen and oxygen atoms in total. The van der Waals surface area contributed by atoms with Gasteiger partial charge in [0.2, 0.25) is 0 Å². The first-order chi connectivity index (χ1) is 8.15. The molecule has 2 heteroatoms. The van der Waals surface area contributed by atoms with E-state index < -0.39 is 0 Å². The van der Waals surface area contributed by atoms with Crippen LogP contribution >= 0.6 is 0 Å². The van der Waals surface area contributed by atoms with Crippen molar-refractivity contribution in [1.29, 1.82) is 0 Å². The third-order valence-electron chi connectivity index (χ3n) is 4.36. The van der Waals surface area contributed by atoms with Gasteiger partial charge in [-0.25, -0.2) is 0 Å². The van der Waals surface area contributed by atoms with Crippen LogP contribution in [0.25, 0.3) is 0 Å². The molecule has 1 heterocycles. The normalized spacial score (nSPS) is 25.2. The predicted molar refractivity (Wildman–Crippen MR) is 81.0 cm³/mol. The Balaban J connectivity index is 2.65. The second-order valence-electron chi connectivity index (χ2n) is 7.94. The van der Waals surface area contributed by atoms with Crippen LogP contribution < -0.4 is 5.32 Å². The van der Waals surface area contributed by atoms with Gasteiger partial charge in [0.05, 0.1) is 0 Å². The van der Waals surface area contributed by atoms with Gasteiger partial charge in [-0.3, -0.25) is 4.90 Å². The molecule has 1 fully saturated rings. The number of nitrogens with one attached hydrogen (secondary N) is 1. The molecule has 1 aliphatic rings. The molecule has 0 aromatic rings. The Morgan fingerprint density at radius 3 is 2.33 bits per heavy atom. The monoisotopic (exact) mass is 254 g/mol. The minimum absolute atomic E-state index is 0.312. The molecule has 0 amide bonds. The number of nitrogens with zero attached hydrogens (tertiary/aromatic N) is 1. The third kappa shape index (κ3) is 4.55. The molecule has 0 saturated carbocycles. The molecule has 0 spiro atoms. The fourth-order valence-corrected chi connectivity index (χ4v) is 3.40. The van der Waals surface area contributed by atoms with Crippen molar-refractivity contribution in [1.82, 2.24) is 10.2 Å². The molecule has 1 aliphatic heterocycles. The summed E-state index contributed by atoms with van der Waals surface area (Å²) in [6.07, 6.45) is 2.53. The van der Waals surface area contributed by atoms with Crippen molar-refractivity contribution in [3.8, 4) is 0 Å². The molecule has 108 valence electrons. The first kappa shape index (κ1) is 16.0. The van der Waals surface area contributed by atoms with E-state index in [0.29, 0.717) is 17.0 Å². The number of piperazine rings is 1. The van der Waals surface area contributed by atoms with Crippen LogP contribution in [0.4, 0.5) is 0 Å². The first-order valence-corrected chi connectivity index (χ1v) is 7.64. The van der Waals surface area contributed by atoms with Gasteiger partial charge >= 0.3 is 0 Å². The van der Waals surface area contributed by atoms with Crippen molar-refractivity contribution in [3.63, 3.8) is 0 Å². The van der Waals surface area contributed by atoms with Crippen molar-refractivity contribution in [3.05, 3.63) is 0 Å². The second-order valence-corrected chi connectivity index (χ2v) is 7.94. The second kappa shape index (κ2) is 5.92. The zero-order valence-electron chi connectivity index (χ0n) is 13.6. The van der Waals surface area contributed by atoms with Crippen LogP contribution in [0.1, 0.15) is 61.3 Å². The lowest BCUT2D eigenvalue weighted by atomic mass is 9.80. The van der Waals surface area contributed by atoms with Gasteiger partial charge in [-0.15, -0.1) is 0 Å². The van der Waals surface area contributed by atoms with Gasteiger partial charge in [-0.1, -0.05) is 41.0 Å². The summed E-state index contributed by atoms with van der Waals surface area (Å²) >= 11 is 0. The molecule has 2 atom stereocenters. The van der Waals surface area contributed by atoms with Crippen molar-refractivity contribution in [2.75, 3.05) is 19.6 Å². The van der Waals surface area contributed by atoms with E-state index in [1.807, 2.05) is 0 Å². The van der Waals surface area contributed by atoms with E-state index in [2.05, 4.69) is 58.7 Å². The van der Waals surface area contributed by atoms with Crippen LogP contribution in [-0.4, -0.2) is 36.1 Å². The summed E-state index contributed by atoms with van der Waals surface area (Å²) < 4.78 is 0. The molecule has 0 aromatic carbocycles. The summed E-state index contributed by atoms with van der Waals surface area (Å²) in [7, 11) is 0. The van der Waals surface area contributed by atoms with Crippen LogP contribution in [0, 0.1) is 11.3 Å². The highest BCUT2D eigenvalue weighted by Gasteiger charge is 2.35. The Morgan fingerprint density at radius 1 is 1.22 bits per heavy atom. The van der Waals surface area contributed by atoms with Gasteiger partial charge in [0.15, 0.2) is 0 Å². The fraction of sp³-hybridized carbons (Fsp3) is 1.00. The zero-order chi connectivity index (χ0) is 14.0. The summed E-state index contributed by atoms with van der Waals surface area (Å²) in [5, 5.41) is 3.69. The maximum absolute atomic E-state index is 3.69. The van der Waals surface area contributed by atoms with E-state index in [4.69, 9.17) is 0 Å². The lowest BCUT2D eigenvalue weighted by Gasteiger charge is -2.47. The molecule has 18 heavy (non-hydrogen) atoms. The molecule has 1 rings (SSSR count). The highest BCUT2D eigenvalue weighted by atomic mass is 15.2. The van der Waals surface area contributed by atoms with E-state index in [1.165, 1.54) is 25.9 Å². The van der Waals surface area contributed by atoms with Gasteiger partial charge in [0, 0.05) is 31.2 Å². The average molecular weight is 254 g/mol. The van der Waals surface area contributed by atoms with Crippen LogP contribution in [-0.2, 0) is 0 Å². The predicted octanol–water partition coefficient (Wildman–Crippen LogP) is 3.52. The first-order valence-electron chi connectivity index (χ1n) is 7.64. The molecule has 2 unspecified atom stereocenters. The molecule has 1 saturated heterocycles. The maximum Gasteiger partial charge on any atom is 0.0221 e. The molecular weight excluding hydrogens is 220 g/mol. The van der Waals surface area contributed by atoms with Gasteiger partial charge in [-0.05, 0) is 31.6 Å². The molecule has 1 N–H and O–H groups in total.